The van der Waals surface area contributed by atoms with Crippen molar-refractivity contribution >= 4 is 23.5 Å². The third-order valence-electron chi connectivity index (χ3n) is 2.42. The fraction of sp³-hybridized carbons (Fsp3) is 0.333. The molecule has 122 valence electrons. The monoisotopic (exact) mass is 345 g/mol. The van der Waals surface area contributed by atoms with Crippen LogP contribution in [-0.2, 0) is 9.53 Å². The number of carbonyl (C=O) groups is 2. The average Bonchev–Trinajstić information content (AvgIpc) is 2.37. The number of amides is 1. The van der Waals surface area contributed by atoms with Gasteiger partial charge in [0.25, 0.3) is 5.91 Å². The van der Waals surface area contributed by atoms with Crippen molar-refractivity contribution in [2.24, 2.45) is 0 Å². The summed E-state index contributed by atoms with van der Waals surface area (Å²) < 4.78 is 69.7. The van der Waals surface area contributed by atoms with Crippen LogP contribution in [0.5, 0.6) is 0 Å². The molecule has 1 atom stereocenters. The minimum absolute atomic E-state index is 0.451. The standard InChI is InChI=1S/C12H9ClF5NO3/c1-2-22-10(21)11(13,12(16,17)18)19-9(20)8-6(14)4-3-5-7(8)15/h3-5H,2H2,1H3,(H,19,20). The van der Waals surface area contributed by atoms with Gasteiger partial charge in [0.15, 0.2) is 0 Å². The van der Waals surface area contributed by atoms with Crippen LogP contribution < -0.4 is 5.32 Å². The van der Waals surface area contributed by atoms with E-state index in [1.807, 2.05) is 0 Å². The molecule has 0 fully saturated rings. The number of nitrogens with one attached hydrogen (secondary N) is 1. The van der Waals surface area contributed by atoms with Gasteiger partial charge in [-0.3, -0.25) is 4.79 Å². The molecule has 0 aliphatic carbocycles. The Hall–Kier alpha value is -1.90. The van der Waals surface area contributed by atoms with E-state index in [9.17, 15) is 31.5 Å². The number of rotatable bonds is 4. The number of benzene rings is 1. The molecule has 1 amide bonds. The second-order valence-corrected chi connectivity index (χ2v) is 4.49. The lowest BCUT2D eigenvalue weighted by atomic mass is 10.1. The van der Waals surface area contributed by atoms with Gasteiger partial charge in [-0.25, -0.2) is 13.6 Å². The van der Waals surface area contributed by atoms with Crippen molar-refractivity contribution in [1.29, 1.82) is 0 Å². The summed E-state index contributed by atoms with van der Waals surface area (Å²) in [4.78, 5) is 19.1. The van der Waals surface area contributed by atoms with E-state index in [0.29, 0.717) is 12.1 Å². The van der Waals surface area contributed by atoms with Crippen LogP contribution >= 0.6 is 11.6 Å². The molecule has 0 bridgehead atoms. The molecule has 0 aliphatic heterocycles. The fourth-order valence-corrected chi connectivity index (χ4v) is 1.54. The number of halogens is 6. The number of ether oxygens (including phenoxy) is 1. The Kier molecular flexibility index (Phi) is 5.34. The molecule has 0 radical (unpaired) electrons. The maximum atomic E-state index is 13.4. The summed E-state index contributed by atoms with van der Waals surface area (Å²) in [5.74, 6) is -6.70. The highest BCUT2D eigenvalue weighted by Gasteiger charge is 2.62. The molecule has 1 aromatic rings. The number of esters is 1. The van der Waals surface area contributed by atoms with Crippen molar-refractivity contribution in [3.63, 3.8) is 0 Å². The second kappa shape index (κ2) is 6.47. The SMILES string of the molecule is CCOC(=O)C(Cl)(NC(=O)c1c(F)cccc1F)C(F)(F)F. The molecule has 0 saturated heterocycles. The number of hydrogen-bond donors (Lipinski definition) is 1. The van der Waals surface area contributed by atoms with E-state index in [1.165, 1.54) is 6.92 Å². The van der Waals surface area contributed by atoms with Crippen LogP contribution in [0.3, 0.4) is 0 Å². The van der Waals surface area contributed by atoms with Gasteiger partial charge in [0, 0.05) is 0 Å². The summed E-state index contributed by atoms with van der Waals surface area (Å²) in [5.41, 5.74) is -1.30. The number of hydrogen-bond acceptors (Lipinski definition) is 3. The summed E-state index contributed by atoms with van der Waals surface area (Å²) in [5, 5.41) is 1.06. The van der Waals surface area contributed by atoms with Gasteiger partial charge in [-0.15, -0.1) is 0 Å². The van der Waals surface area contributed by atoms with E-state index in [1.54, 1.807) is 0 Å². The molecule has 1 aromatic carbocycles. The molecular weight excluding hydrogens is 337 g/mol. The van der Waals surface area contributed by atoms with Crippen molar-refractivity contribution in [2.45, 2.75) is 18.1 Å². The van der Waals surface area contributed by atoms with Crippen molar-refractivity contribution in [3.05, 3.63) is 35.4 Å². The van der Waals surface area contributed by atoms with Crippen molar-refractivity contribution in [3.8, 4) is 0 Å². The summed E-state index contributed by atoms with van der Waals surface area (Å²) in [6.45, 7) is 0.761. The Bertz CT molecular complexity index is 572. The van der Waals surface area contributed by atoms with Gasteiger partial charge in [0.1, 0.15) is 17.2 Å². The van der Waals surface area contributed by atoms with Gasteiger partial charge in [0.05, 0.1) is 6.61 Å². The van der Waals surface area contributed by atoms with Crippen molar-refractivity contribution in [1.82, 2.24) is 5.32 Å². The van der Waals surface area contributed by atoms with Crippen LogP contribution in [0.2, 0.25) is 0 Å². The van der Waals surface area contributed by atoms with E-state index in [0.717, 1.165) is 11.4 Å². The lowest BCUT2D eigenvalue weighted by Gasteiger charge is -2.28. The predicted octanol–water partition coefficient (Wildman–Crippen LogP) is 2.76. The summed E-state index contributed by atoms with van der Waals surface area (Å²) in [6, 6.07) is 2.22. The summed E-state index contributed by atoms with van der Waals surface area (Å²) in [7, 11) is 0. The molecule has 1 rings (SSSR count). The lowest BCUT2D eigenvalue weighted by Crippen LogP contribution is -2.60. The van der Waals surface area contributed by atoms with E-state index in [2.05, 4.69) is 4.74 Å². The first-order valence-corrected chi connectivity index (χ1v) is 6.11. The van der Waals surface area contributed by atoms with Crippen LogP contribution in [0.25, 0.3) is 0 Å². The second-order valence-electron chi connectivity index (χ2n) is 3.93. The van der Waals surface area contributed by atoms with Crippen LogP contribution in [0, 0.1) is 11.6 Å². The minimum atomic E-state index is -5.46. The Balaban J connectivity index is 3.21. The highest BCUT2D eigenvalue weighted by atomic mass is 35.5. The molecule has 0 aromatic heterocycles. The number of alkyl halides is 4. The Labute approximate surface area is 126 Å². The fourth-order valence-electron chi connectivity index (χ4n) is 1.40. The molecule has 22 heavy (non-hydrogen) atoms. The van der Waals surface area contributed by atoms with Crippen molar-refractivity contribution in [2.75, 3.05) is 6.61 Å². The van der Waals surface area contributed by atoms with Gasteiger partial charge >= 0.3 is 17.1 Å². The zero-order valence-corrected chi connectivity index (χ0v) is 11.7. The third kappa shape index (κ3) is 3.46. The van der Waals surface area contributed by atoms with E-state index in [-0.39, 0.29) is 0 Å². The van der Waals surface area contributed by atoms with Gasteiger partial charge < -0.3 is 10.1 Å². The first kappa shape index (κ1) is 18.1. The molecule has 4 nitrogen and oxygen atoms in total. The van der Waals surface area contributed by atoms with Crippen LogP contribution in [0.15, 0.2) is 18.2 Å². The zero-order valence-electron chi connectivity index (χ0n) is 10.9. The first-order valence-electron chi connectivity index (χ1n) is 5.74. The van der Waals surface area contributed by atoms with Gasteiger partial charge in [-0.1, -0.05) is 17.7 Å². The van der Waals surface area contributed by atoms with Gasteiger partial charge in [-0.2, -0.15) is 13.2 Å². The first-order chi connectivity index (χ1) is 10.0. The van der Waals surface area contributed by atoms with E-state index < -0.39 is 46.9 Å². The van der Waals surface area contributed by atoms with Crippen LogP contribution in [0.4, 0.5) is 22.0 Å². The predicted molar refractivity (Wildman–Crippen MR) is 65.1 cm³/mol. The maximum absolute atomic E-state index is 13.4. The molecule has 0 spiro atoms. The van der Waals surface area contributed by atoms with E-state index >= 15 is 0 Å². The molecule has 0 saturated carbocycles. The zero-order chi connectivity index (χ0) is 17.1. The normalized spacial score (nSPS) is 14.1. The smallest absolute Gasteiger partial charge is 0.437 e. The lowest BCUT2D eigenvalue weighted by molar-refractivity contribution is -0.192. The quantitative estimate of drug-likeness (QED) is 0.395. The maximum Gasteiger partial charge on any atom is 0.437 e. The number of carbonyl (C=O) groups excluding carboxylic acids is 2. The average molecular weight is 346 g/mol. The Morgan fingerprint density at radius 3 is 2.14 bits per heavy atom. The summed E-state index contributed by atoms with van der Waals surface area (Å²) >= 11 is 5.12. The highest BCUT2D eigenvalue weighted by Crippen LogP contribution is 2.35. The molecule has 1 unspecified atom stereocenters. The highest BCUT2D eigenvalue weighted by molar-refractivity contribution is 6.35. The van der Waals surface area contributed by atoms with Gasteiger partial charge in [0.2, 0.25) is 0 Å². The molecule has 0 aliphatic rings. The van der Waals surface area contributed by atoms with Crippen molar-refractivity contribution < 1.29 is 36.3 Å². The molecular formula is C12H9ClF5NO3. The molecule has 0 heterocycles. The third-order valence-corrected chi connectivity index (χ3v) is 2.89. The minimum Gasteiger partial charge on any atom is -0.463 e. The summed E-state index contributed by atoms with van der Waals surface area (Å²) in [6.07, 6.45) is -5.46. The van der Waals surface area contributed by atoms with E-state index in [4.69, 9.17) is 11.6 Å². The molecule has 1 N–H and O–H groups in total. The van der Waals surface area contributed by atoms with Crippen LogP contribution in [-0.4, -0.2) is 29.7 Å². The van der Waals surface area contributed by atoms with Crippen LogP contribution in [0.1, 0.15) is 17.3 Å². The topological polar surface area (TPSA) is 55.4 Å². The molecule has 10 heteroatoms. The van der Waals surface area contributed by atoms with Gasteiger partial charge in [-0.05, 0) is 19.1 Å². The Morgan fingerprint density at radius 2 is 1.73 bits per heavy atom. The Morgan fingerprint density at radius 1 is 1.23 bits per heavy atom. The largest absolute Gasteiger partial charge is 0.463 e.